The summed E-state index contributed by atoms with van der Waals surface area (Å²) in [6, 6.07) is 0. The predicted octanol–water partition coefficient (Wildman–Crippen LogP) is 4.87. The summed E-state index contributed by atoms with van der Waals surface area (Å²) >= 11 is 0. The monoisotopic (exact) mass is 180 g/mol. The van der Waals surface area contributed by atoms with Crippen molar-refractivity contribution < 1.29 is 0 Å². The Morgan fingerprint density at radius 1 is 1.00 bits per heavy atom. The SMILES string of the molecule is CCC=C(CC)CCC=CCCC. The van der Waals surface area contributed by atoms with Gasteiger partial charge in [-0.3, -0.25) is 0 Å². The summed E-state index contributed by atoms with van der Waals surface area (Å²) in [5, 5.41) is 0. The van der Waals surface area contributed by atoms with Crippen LogP contribution in [0, 0.1) is 0 Å². The van der Waals surface area contributed by atoms with Crippen LogP contribution in [0.5, 0.6) is 0 Å². The van der Waals surface area contributed by atoms with E-state index in [2.05, 4.69) is 39.0 Å². The minimum absolute atomic E-state index is 1.18. The van der Waals surface area contributed by atoms with E-state index in [1.807, 2.05) is 0 Å². The van der Waals surface area contributed by atoms with Crippen molar-refractivity contribution in [1.82, 2.24) is 0 Å². The van der Waals surface area contributed by atoms with Gasteiger partial charge in [0.25, 0.3) is 0 Å². The number of hydrogen-bond donors (Lipinski definition) is 0. The summed E-state index contributed by atoms with van der Waals surface area (Å²) in [5.74, 6) is 0. The Balaban J connectivity index is 3.55. The first-order chi connectivity index (χ1) is 6.35. The summed E-state index contributed by atoms with van der Waals surface area (Å²) in [6.07, 6.45) is 14.4. The molecular weight excluding hydrogens is 156 g/mol. The van der Waals surface area contributed by atoms with Crippen molar-refractivity contribution in [2.45, 2.75) is 59.3 Å². The molecule has 0 aromatic carbocycles. The minimum Gasteiger partial charge on any atom is -0.0885 e. The molecule has 76 valence electrons. The molecule has 13 heavy (non-hydrogen) atoms. The fourth-order valence-electron chi connectivity index (χ4n) is 1.38. The Kier molecular flexibility index (Phi) is 9.18. The van der Waals surface area contributed by atoms with Crippen LogP contribution in [-0.2, 0) is 0 Å². The van der Waals surface area contributed by atoms with Crippen molar-refractivity contribution in [3.05, 3.63) is 23.8 Å². The van der Waals surface area contributed by atoms with Crippen molar-refractivity contribution in [2.24, 2.45) is 0 Å². The third kappa shape index (κ3) is 7.83. The normalized spacial score (nSPS) is 12.7. The lowest BCUT2D eigenvalue weighted by molar-refractivity contribution is 0.884. The van der Waals surface area contributed by atoms with Crippen LogP contribution >= 0.6 is 0 Å². The molecule has 0 aromatic heterocycles. The summed E-state index contributed by atoms with van der Waals surface area (Å²) < 4.78 is 0. The van der Waals surface area contributed by atoms with E-state index < -0.39 is 0 Å². The summed E-state index contributed by atoms with van der Waals surface area (Å²) in [7, 11) is 0. The van der Waals surface area contributed by atoms with Crippen molar-refractivity contribution in [3.8, 4) is 0 Å². The highest BCUT2D eigenvalue weighted by Gasteiger charge is 1.90. The summed E-state index contributed by atoms with van der Waals surface area (Å²) in [4.78, 5) is 0. The van der Waals surface area contributed by atoms with Gasteiger partial charge < -0.3 is 0 Å². The number of hydrogen-bond acceptors (Lipinski definition) is 0. The van der Waals surface area contributed by atoms with Gasteiger partial charge in [-0.05, 0) is 32.1 Å². The first-order valence-electron chi connectivity index (χ1n) is 5.68. The molecule has 0 N–H and O–H groups in total. The van der Waals surface area contributed by atoms with Crippen LogP contribution in [-0.4, -0.2) is 0 Å². The average molecular weight is 180 g/mol. The van der Waals surface area contributed by atoms with E-state index >= 15 is 0 Å². The smallest absolute Gasteiger partial charge is 0.0286 e. The topological polar surface area (TPSA) is 0 Å². The van der Waals surface area contributed by atoms with Gasteiger partial charge in [-0.1, -0.05) is 51.0 Å². The third-order valence-corrected chi connectivity index (χ3v) is 2.20. The molecule has 0 fully saturated rings. The zero-order valence-electron chi connectivity index (χ0n) is 9.47. The molecule has 0 unspecified atom stereocenters. The number of unbranched alkanes of at least 4 members (excludes halogenated alkanes) is 1. The Hall–Kier alpha value is -0.520. The Bertz CT molecular complexity index is 151. The lowest BCUT2D eigenvalue weighted by Gasteiger charge is -2.00. The average Bonchev–Trinajstić information content (AvgIpc) is 2.16. The summed E-state index contributed by atoms with van der Waals surface area (Å²) in [6.45, 7) is 6.68. The van der Waals surface area contributed by atoms with Gasteiger partial charge in [-0.25, -0.2) is 0 Å². The van der Waals surface area contributed by atoms with Crippen LogP contribution in [0.15, 0.2) is 23.8 Å². The maximum absolute atomic E-state index is 2.37. The Morgan fingerprint density at radius 2 is 1.69 bits per heavy atom. The lowest BCUT2D eigenvalue weighted by Crippen LogP contribution is -1.80. The fraction of sp³-hybridized carbons (Fsp3) is 0.692. The van der Waals surface area contributed by atoms with Crippen LogP contribution in [0.4, 0.5) is 0 Å². The standard InChI is InChI=1S/C13H24/c1-4-7-8-9-10-12-13(6-3)11-5-2/h8-9,11H,4-7,10,12H2,1-3H3. The maximum Gasteiger partial charge on any atom is -0.0286 e. The van der Waals surface area contributed by atoms with E-state index in [1.54, 1.807) is 5.57 Å². The zero-order chi connectivity index (χ0) is 9.94. The molecule has 0 spiro atoms. The van der Waals surface area contributed by atoms with Crippen molar-refractivity contribution in [3.63, 3.8) is 0 Å². The lowest BCUT2D eigenvalue weighted by atomic mass is 10.1. The molecule has 0 heterocycles. The highest BCUT2D eigenvalue weighted by molar-refractivity contribution is 5.02. The zero-order valence-corrected chi connectivity index (χ0v) is 9.47. The van der Waals surface area contributed by atoms with Gasteiger partial charge >= 0.3 is 0 Å². The molecule has 0 bridgehead atoms. The van der Waals surface area contributed by atoms with Gasteiger partial charge in [0.15, 0.2) is 0 Å². The predicted molar refractivity (Wildman–Crippen MR) is 61.9 cm³/mol. The molecule has 0 rings (SSSR count). The second-order valence-corrected chi connectivity index (χ2v) is 3.42. The summed E-state index contributed by atoms with van der Waals surface area (Å²) in [5.41, 5.74) is 1.61. The minimum atomic E-state index is 1.18. The fourth-order valence-corrected chi connectivity index (χ4v) is 1.38. The second kappa shape index (κ2) is 9.57. The maximum atomic E-state index is 2.37. The van der Waals surface area contributed by atoms with E-state index in [4.69, 9.17) is 0 Å². The van der Waals surface area contributed by atoms with Crippen molar-refractivity contribution >= 4 is 0 Å². The molecule has 0 amide bonds. The van der Waals surface area contributed by atoms with Crippen LogP contribution in [0.3, 0.4) is 0 Å². The highest BCUT2D eigenvalue weighted by Crippen LogP contribution is 2.10. The highest BCUT2D eigenvalue weighted by atomic mass is 14.0. The molecule has 0 aliphatic carbocycles. The van der Waals surface area contributed by atoms with E-state index in [1.165, 1.54) is 38.5 Å². The molecule has 0 aromatic rings. The van der Waals surface area contributed by atoms with Gasteiger partial charge in [-0.15, -0.1) is 0 Å². The Morgan fingerprint density at radius 3 is 2.23 bits per heavy atom. The molecule has 0 aliphatic rings. The van der Waals surface area contributed by atoms with Crippen LogP contribution < -0.4 is 0 Å². The molecule has 0 saturated heterocycles. The van der Waals surface area contributed by atoms with Crippen LogP contribution in [0.1, 0.15) is 59.3 Å². The molecule has 0 radical (unpaired) electrons. The van der Waals surface area contributed by atoms with E-state index in [9.17, 15) is 0 Å². The van der Waals surface area contributed by atoms with Crippen molar-refractivity contribution in [1.29, 1.82) is 0 Å². The molecule has 0 aliphatic heterocycles. The third-order valence-electron chi connectivity index (χ3n) is 2.20. The number of allylic oxidation sites excluding steroid dienone is 4. The van der Waals surface area contributed by atoms with Crippen LogP contribution in [0.25, 0.3) is 0 Å². The molecule has 0 atom stereocenters. The number of rotatable bonds is 7. The van der Waals surface area contributed by atoms with Crippen molar-refractivity contribution in [2.75, 3.05) is 0 Å². The van der Waals surface area contributed by atoms with Crippen LogP contribution in [0.2, 0.25) is 0 Å². The quantitative estimate of drug-likeness (QED) is 0.490. The van der Waals surface area contributed by atoms with Gasteiger partial charge in [0, 0.05) is 0 Å². The second-order valence-electron chi connectivity index (χ2n) is 3.42. The largest absolute Gasteiger partial charge is 0.0885 e. The van der Waals surface area contributed by atoms with Gasteiger partial charge in [-0.2, -0.15) is 0 Å². The first-order valence-corrected chi connectivity index (χ1v) is 5.68. The van der Waals surface area contributed by atoms with E-state index in [-0.39, 0.29) is 0 Å². The van der Waals surface area contributed by atoms with Gasteiger partial charge in [0.1, 0.15) is 0 Å². The van der Waals surface area contributed by atoms with E-state index in [0.717, 1.165) is 0 Å². The molecule has 0 nitrogen and oxygen atoms in total. The van der Waals surface area contributed by atoms with Gasteiger partial charge in [0.05, 0.1) is 0 Å². The van der Waals surface area contributed by atoms with E-state index in [0.29, 0.717) is 0 Å². The molecule has 0 heteroatoms. The Labute approximate surface area is 83.7 Å². The first kappa shape index (κ1) is 12.5. The molecule has 0 saturated carbocycles. The molecular formula is C13H24. The van der Waals surface area contributed by atoms with Gasteiger partial charge in [0.2, 0.25) is 0 Å².